The van der Waals surface area contributed by atoms with E-state index < -0.39 is 0 Å². The number of aliphatic hydroxyl groups excluding tert-OH is 1. The summed E-state index contributed by atoms with van der Waals surface area (Å²) in [5.74, 6) is -0.0166. The lowest BCUT2D eigenvalue weighted by Crippen LogP contribution is -2.33. The zero-order chi connectivity index (χ0) is 18.2. The maximum absolute atomic E-state index is 12.9. The molecule has 3 rings (SSSR count). The zero-order valence-corrected chi connectivity index (χ0v) is 15.1. The molecule has 0 saturated heterocycles. The monoisotopic (exact) mass is 350 g/mol. The van der Waals surface area contributed by atoms with Crippen molar-refractivity contribution in [3.63, 3.8) is 0 Å². The minimum Gasteiger partial charge on any atom is -0.396 e. The third-order valence-electron chi connectivity index (χ3n) is 4.73. The van der Waals surface area contributed by atoms with Gasteiger partial charge in [0.2, 0.25) is 0 Å². The van der Waals surface area contributed by atoms with Gasteiger partial charge in [-0.15, -0.1) is 0 Å². The summed E-state index contributed by atoms with van der Waals surface area (Å²) in [5, 5.41) is 9.16. The van der Waals surface area contributed by atoms with Crippen molar-refractivity contribution in [1.29, 1.82) is 0 Å². The number of hydrogen-bond acceptors (Lipinski definition) is 3. The lowest BCUT2D eigenvalue weighted by molar-refractivity contribution is 0.0764. The lowest BCUT2D eigenvalue weighted by Gasteiger charge is -2.22. The summed E-state index contributed by atoms with van der Waals surface area (Å²) in [6.07, 6.45) is 10.7. The molecule has 1 amide bonds. The Morgan fingerprint density at radius 3 is 2.81 bits per heavy atom. The maximum atomic E-state index is 12.9. The molecule has 1 N–H and O–H groups in total. The van der Waals surface area contributed by atoms with E-state index in [4.69, 9.17) is 5.11 Å². The molecule has 136 valence electrons. The van der Waals surface area contributed by atoms with Gasteiger partial charge in [-0.1, -0.05) is 42.5 Å². The third kappa shape index (κ3) is 4.79. The average Bonchev–Trinajstić information content (AvgIpc) is 2.70. The van der Waals surface area contributed by atoms with Crippen molar-refractivity contribution in [2.24, 2.45) is 0 Å². The Balaban J connectivity index is 1.71. The van der Waals surface area contributed by atoms with Crippen LogP contribution in [0.5, 0.6) is 0 Å². The number of fused-ring (bicyclic) bond motifs is 1. The van der Waals surface area contributed by atoms with Crippen molar-refractivity contribution in [2.45, 2.75) is 32.1 Å². The van der Waals surface area contributed by atoms with E-state index in [1.54, 1.807) is 11.1 Å². The average molecular weight is 350 g/mol. The molecule has 26 heavy (non-hydrogen) atoms. The van der Waals surface area contributed by atoms with E-state index in [9.17, 15) is 4.79 Å². The van der Waals surface area contributed by atoms with Crippen molar-refractivity contribution < 1.29 is 9.90 Å². The number of aryl methyl sites for hydroxylation is 2. The van der Waals surface area contributed by atoms with Gasteiger partial charge in [0.05, 0.1) is 5.56 Å². The standard InChI is InChI=1S/C22H26N2O2/c25-15-7-14-24(13-6-10-18-8-2-1-3-9-18)22(26)20-16-19-11-4-5-12-21(19)23-17-20/h1-3,6,8-10,16-17,25H,4-5,7,11-15H2. The SMILES string of the molecule is O=C(c1cnc2c(c1)CCCC2)N(CC=Cc1ccccc1)CCCO. The first-order valence-corrected chi connectivity index (χ1v) is 9.37. The molecule has 4 nitrogen and oxygen atoms in total. The Labute approximate surface area is 155 Å². The van der Waals surface area contributed by atoms with Gasteiger partial charge in [0.1, 0.15) is 0 Å². The highest BCUT2D eigenvalue weighted by atomic mass is 16.3. The Hall–Kier alpha value is -2.46. The van der Waals surface area contributed by atoms with E-state index in [-0.39, 0.29) is 12.5 Å². The number of nitrogens with zero attached hydrogens (tertiary/aromatic N) is 2. The summed E-state index contributed by atoms with van der Waals surface area (Å²) in [6, 6.07) is 12.0. The number of carbonyl (C=O) groups is 1. The van der Waals surface area contributed by atoms with Gasteiger partial charge in [0, 0.05) is 31.6 Å². The predicted octanol–water partition coefficient (Wildman–Crippen LogP) is 3.50. The molecule has 1 aliphatic rings. The molecule has 2 aromatic rings. The molecule has 0 aliphatic heterocycles. The van der Waals surface area contributed by atoms with Gasteiger partial charge in [-0.05, 0) is 49.3 Å². The van der Waals surface area contributed by atoms with Gasteiger partial charge >= 0.3 is 0 Å². The van der Waals surface area contributed by atoms with Crippen molar-refractivity contribution in [2.75, 3.05) is 19.7 Å². The number of amides is 1. The highest BCUT2D eigenvalue weighted by molar-refractivity contribution is 5.94. The van der Waals surface area contributed by atoms with Crippen molar-refractivity contribution in [1.82, 2.24) is 9.88 Å². The van der Waals surface area contributed by atoms with Crippen LogP contribution in [0.4, 0.5) is 0 Å². The fourth-order valence-electron chi connectivity index (χ4n) is 3.31. The van der Waals surface area contributed by atoms with Crippen LogP contribution in [-0.4, -0.2) is 40.6 Å². The van der Waals surface area contributed by atoms with Crippen molar-refractivity contribution in [3.05, 3.63) is 71.1 Å². The molecular weight excluding hydrogens is 324 g/mol. The van der Waals surface area contributed by atoms with Crippen molar-refractivity contribution >= 4 is 12.0 Å². The molecule has 0 spiro atoms. The van der Waals surface area contributed by atoms with Crippen LogP contribution in [0, 0.1) is 0 Å². The molecule has 1 aromatic heterocycles. The Bertz CT molecular complexity index is 756. The van der Waals surface area contributed by atoms with Gasteiger partial charge < -0.3 is 10.0 Å². The fourth-order valence-corrected chi connectivity index (χ4v) is 3.31. The normalized spacial score (nSPS) is 13.6. The topological polar surface area (TPSA) is 53.4 Å². The van der Waals surface area contributed by atoms with E-state index in [1.165, 1.54) is 18.4 Å². The summed E-state index contributed by atoms with van der Waals surface area (Å²) in [4.78, 5) is 19.2. The molecule has 1 aromatic carbocycles. The molecule has 0 radical (unpaired) electrons. The molecule has 0 fully saturated rings. The number of rotatable bonds is 7. The van der Waals surface area contributed by atoms with Gasteiger partial charge in [-0.25, -0.2) is 0 Å². The minimum atomic E-state index is -0.0166. The summed E-state index contributed by atoms with van der Waals surface area (Å²) in [5.41, 5.74) is 4.11. The molecule has 4 heteroatoms. The van der Waals surface area contributed by atoms with Crippen LogP contribution in [0.25, 0.3) is 6.08 Å². The van der Waals surface area contributed by atoms with E-state index in [0.29, 0.717) is 25.1 Å². The second-order valence-corrected chi connectivity index (χ2v) is 6.68. The molecular formula is C22H26N2O2. The van der Waals surface area contributed by atoms with Crippen LogP contribution in [-0.2, 0) is 12.8 Å². The maximum Gasteiger partial charge on any atom is 0.255 e. The molecule has 1 heterocycles. The predicted molar refractivity (Wildman–Crippen MR) is 104 cm³/mol. The number of benzene rings is 1. The number of aromatic nitrogens is 1. The van der Waals surface area contributed by atoms with E-state index in [0.717, 1.165) is 24.1 Å². The first-order valence-electron chi connectivity index (χ1n) is 9.37. The van der Waals surface area contributed by atoms with Gasteiger partial charge in [-0.2, -0.15) is 0 Å². The minimum absolute atomic E-state index is 0.0166. The van der Waals surface area contributed by atoms with Gasteiger partial charge in [-0.3, -0.25) is 9.78 Å². The molecule has 0 bridgehead atoms. The van der Waals surface area contributed by atoms with Gasteiger partial charge in [0.25, 0.3) is 5.91 Å². The van der Waals surface area contributed by atoms with E-state index in [1.807, 2.05) is 48.6 Å². The fraction of sp³-hybridized carbons (Fsp3) is 0.364. The van der Waals surface area contributed by atoms with Crippen LogP contribution in [0.15, 0.2) is 48.7 Å². The Morgan fingerprint density at radius 2 is 2.00 bits per heavy atom. The number of aliphatic hydroxyl groups is 1. The lowest BCUT2D eigenvalue weighted by atomic mass is 9.95. The summed E-state index contributed by atoms with van der Waals surface area (Å²) in [7, 11) is 0. The van der Waals surface area contributed by atoms with Gasteiger partial charge in [0.15, 0.2) is 0 Å². The summed E-state index contributed by atoms with van der Waals surface area (Å²) in [6.45, 7) is 1.13. The second-order valence-electron chi connectivity index (χ2n) is 6.68. The number of hydrogen-bond donors (Lipinski definition) is 1. The molecule has 0 unspecified atom stereocenters. The third-order valence-corrected chi connectivity index (χ3v) is 4.73. The summed E-state index contributed by atoms with van der Waals surface area (Å²) >= 11 is 0. The van der Waals surface area contributed by atoms with Crippen molar-refractivity contribution in [3.8, 4) is 0 Å². The molecule has 1 aliphatic carbocycles. The van der Waals surface area contributed by atoms with Crippen LogP contribution in [0.3, 0.4) is 0 Å². The molecule has 0 atom stereocenters. The van der Waals surface area contributed by atoms with Crippen LogP contribution < -0.4 is 0 Å². The largest absolute Gasteiger partial charge is 0.396 e. The first-order chi connectivity index (χ1) is 12.8. The second kappa shape index (κ2) is 9.30. The molecule has 0 saturated carbocycles. The summed E-state index contributed by atoms with van der Waals surface area (Å²) < 4.78 is 0. The van der Waals surface area contributed by atoms with Crippen LogP contribution >= 0.6 is 0 Å². The number of carbonyl (C=O) groups excluding carboxylic acids is 1. The van der Waals surface area contributed by atoms with Crippen LogP contribution in [0.1, 0.15) is 46.4 Å². The first kappa shape index (κ1) is 18.3. The quantitative estimate of drug-likeness (QED) is 0.831. The number of pyridine rings is 1. The van der Waals surface area contributed by atoms with E-state index >= 15 is 0 Å². The zero-order valence-electron chi connectivity index (χ0n) is 15.1. The highest BCUT2D eigenvalue weighted by Crippen LogP contribution is 2.20. The smallest absolute Gasteiger partial charge is 0.255 e. The highest BCUT2D eigenvalue weighted by Gasteiger charge is 2.18. The Morgan fingerprint density at radius 1 is 1.19 bits per heavy atom. The van der Waals surface area contributed by atoms with E-state index in [2.05, 4.69) is 4.98 Å². The Kier molecular flexibility index (Phi) is 6.56. The van der Waals surface area contributed by atoms with Crippen LogP contribution in [0.2, 0.25) is 0 Å².